The number of hydrogen-bond donors (Lipinski definition) is 3. The lowest BCUT2D eigenvalue weighted by Gasteiger charge is -2.15. The molecule has 176 valence electrons. The van der Waals surface area contributed by atoms with E-state index in [0.717, 1.165) is 30.0 Å². The van der Waals surface area contributed by atoms with Crippen molar-refractivity contribution in [2.75, 3.05) is 0 Å². The van der Waals surface area contributed by atoms with Gasteiger partial charge >= 0.3 is 5.63 Å². The van der Waals surface area contributed by atoms with Crippen molar-refractivity contribution in [1.82, 2.24) is 4.57 Å². The average molecular weight is 495 g/mol. The highest BCUT2D eigenvalue weighted by Crippen LogP contribution is 2.39. The first-order chi connectivity index (χ1) is 16.7. The lowest BCUT2D eigenvalue weighted by Crippen LogP contribution is -2.22. The van der Waals surface area contributed by atoms with E-state index in [1.807, 2.05) is 0 Å². The summed E-state index contributed by atoms with van der Waals surface area (Å²) in [7, 11) is 0. The van der Waals surface area contributed by atoms with E-state index < -0.39 is 40.1 Å². The monoisotopic (exact) mass is 495 g/mol. The molecule has 0 unspecified atom stereocenters. The first kappa shape index (κ1) is 22.5. The van der Waals surface area contributed by atoms with Crippen molar-refractivity contribution in [2.45, 2.75) is 16.3 Å². The van der Waals surface area contributed by atoms with Gasteiger partial charge in [0, 0.05) is 16.3 Å². The topological polar surface area (TPSA) is 113 Å². The van der Waals surface area contributed by atoms with Gasteiger partial charge in [-0.05, 0) is 42.0 Å². The Morgan fingerprint density at radius 3 is 2.31 bits per heavy atom. The van der Waals surface area contributed by atoms with E-state index in [4.69, 9.17) is 4.42 Å². The molecule has 0 spiro atoms. The van der Waals surface area contributed by atoms with Crippen LogP contribution in [-0.4, -0.2) is 19.9 Å². The number of aromatic hydroxyl groups is 3. The van der Waals surface area contributed by atoms with Crippen LogP contribution >= 0.6 is 11.8 Å². The summed E-state index contributed by atoms with van der Waals surface area (Å²) in [5.74, 6) is -2.74. The van der Waals surface area contributed by atoms with E-state index in [2.05, 4.69) is 0 Å². The molecule has 3 aromatic carbocycles. The smallest absolute Gasteiger partial charge is 0.354 e. The standard InChI is InChI=1S/C25H15F2NO6S/c26-13-6-4-12(5-7-13)11-28-17-10-19(30)18(29)9-16(17)22-20(24(28)32)21(31)23(25(33)34-22)35-15-3-1-2-14(27)8-15/h1-10,29-31H,11H2. The Morgan fingerprint density at radius 1 is 0.886 bits per heavy atom. The maximum atomic E-state index is 13.6. The van der Waals surface area contributed by atoms with Crippen LogP contribution in [-0.2, 0) is 6.54 Å². The number of halogens is 2. The van der Waals surface area contributed by atoms with Crippen molar-refractivity contribution < 1.29 is 28.5 Å². The third kappa shape index (κ3) is 3.97. The molecule has 0 saturated heterocycles. The summed E-state index contributed by atoms with van der Waals surface area (Å²) < 4.78 is 33.6. The van der Waals surface area contributed by atoms with E-state index in [1.54, 1.807) is 0 Å². The van der Waals surface area contributed by atoms with E-state index in [1.165, 1.54) is 47.0 Å². The Kier molecular flexibility index (Phi) is 5.45. The van der Waals surface area contributed by atoms with Gasteiger partial charge in [0.05, 0.1) is 12.1 Å². The summed E-state index contributed by atoms with van der Waals surface area (Å²) in [5.41, 5.74) is -1.39. The number of pyridine rings is 1. The zero-order valence-corrected chi connectivity index (χ0v) is 18.5. The van der Waals surface area contributed by atoms with Gasteiger partial charge in [0.1, 0.15) is 21.9 Å². The van der Waals surface area contributed by atoms with Crippen molar-refractivity contribution in [3.63, 3.8) is 0 Å². The molecule has 0 fully saturated rings. The zero-order valence-electron chi connectivity index (χ0n) is 17.7. The second kappa shape index (κ2) is 8.48. The van der Waals surface area contributed by atoms with Gasteiger partial charge in [0.25, 0.3) is 5.56 Å². The quantitative estimate of drug-likeness (QED) is 0.245. The van der Waals surface area contributed by atoms with Crippen molar-refractivity contribution >= 4 is 33.6 Å². The van der Waals surface area contributed by atoms with E-state index >= 15 is 0 Å². The molecule has 7 nitrogen and oxygen atoms in total. The van der Waals surface area contributed by atoms with Gasteiger partial charge < -0.3 is 24.3 Å². The number of rotatable bonds is 4. The number of fused-ring (bicyclic) bond motifs is 3. The van der Waals surface area contributed by atoms with Gasteiger partial charge in [-0.15, -0.1) is 0 Å². The van der Waals surface area contributed by atoms with Crippen molar-refractivity contribution in [1.29, 1.82) is 0 Å². The summed E-state index contributed by atoms with van der Waals surface area (Å²) >= 11 is 0.726. The first-order valence-corrected chi connectivity index (χ1v) is 11.0. The molecule has 35 heavy (non-hydrogen) atoms. The third-order valence-electron chi connectivity index (χ3n) is 5.42. The number of aromatic nitrogens is 1. The van der Waals surface area contributed by atoms with E-state index in [-0.39, 0.29) is 33.3 Å². The van der Waals surface area contributed by atoms with Gasteiger partial charge in [-0.2, -0.15) is 0 Å². The molecule has 0 bridgehead atoms. The fraction of sp³-hybridized carbons (Fsp3) is 0.0400. The van der Waals surface area contributed by atoms with Gasteiger partial charge in [-0.1, -0.05) is 30.0 Å². The second-order valence-corrected chi connectivity index (χ2v) is 8.79. The van der Waals surface area contributed by atoms with E-state index in [0.29, 0.717) is 10.5 Å². The van der Waals surface area contributed by atoms with Crippen LogP contribution in [0.2, 0.25) is 0 Å². The number of nitrogens with zero attached hydrogens (tertiary/aromatic N) is 1. The number of phenolic OH excluding ortho intramolecular Hbond substituents is 2. The summed E-state index contributed by atoms with van der Waals surface area (Å²) in [6.07, 6.45) is 0. The Bertz CT molecular complexity index is 1750. The molecule has 0 amide bonds. The Hall–Kier alpha value is -4.31. The van der Waals surface area contributed by atoms with Crippen LogP contribution in [0.3, 0.4) is 0 Å². The fourth-order valence-corrected chi connectivity index (χ4v) is 4.66. The molecule has 2 aromatic heterocycles. The Labute approximate surface area is 199 Å². The first-order valence-electron chi connectivity index (χ1n) is 10.2. The van der Waals surface area contributed by atoms with Crippen molar-refractivity contribution in [2.24, 2.45) is 0 Å². The normalized spacial score (nSPS) is 11.4. The largest absolute Gasteiger partial charge is 0.505 e. The SMILES string of the molecule is O=c1oc2c(c(O)c1Sc1cccc(F)c1)c(=O)n(Cc1ccc(F)cc1)c1cc(O)c(O)cc21. The molecule has 2 heterocycles. The maximum absolute atomic E-state index is 13.6. The molecule has 0 saturated carbocycles. The van der Waals surface area contributed by atoms with Crippen LogP contribution in [0.25, 0.3) is 21.9 Å². The van der Waals surface area contributed by atoms with E-state index in [9.17, 15) is 33.7 Å². The van der Waals surface area contributed by atoms with Gasteiger partial charge in [0.2, 0.25) is 0 Å². The molecule has 0 atom stereocenters. The molecule has 0 radical (unpaired) electrons. The van der Waals surface area contributed by atoms with Gasteiger partial charge in [0.15, 0.2) is 22.8 Å². The average Bonchev–Trinajstić information content (AvgIpc) is 2.81. The Balaban J connectivity index is 1.82. The molecule has 0 aliphatic rings. The maximum Gasteiger partial charge on any atom is 0.354 e. The highest BCUT2D eigenvalue weighted by molar-refractivity contribution is 7.99. The van der Waals surface area contributed by atoms with Crippen LogP contribution in [0.4, 0.5) is 8.78 Å². The van der Waals surface area contributed by atoms with Crippen molar-refractivity contribution in [3.05, 3.63) is 98.6 Å². The van der Waals surface area contributed by atoms with Crippen LogP contribution in [0, 0.1) is 11.6 Å². The van der Waals surface area contributed by atoms with Crippen LogP contribution < -0.4 is 11.2 Å². The summed E-state index contributed by atoms with van der Waals surface area (Å²) in [5, 5.41) is 30.9. The summed E-state index contributed by atoms with van der Waals surface area (Å²) in [6, 6.07) is 12.9. The number of phenols is 2. The lowest BCUT2D eigenvalue weighted by atomic mass is 10.1. The minimum atomic E-state index is -0.978. The molecule has 5 aromatic rings. The van der Waals surface area contributed by atoms with Crippen molar-refractivity contribution in [3.8, 4) is 17.2 Å². The highest BCUT2D eigenvalue weighted by Gasteiger charge is 2.23. The number of hydrogen-bond acceptors (Lipinski definition) is 7. The van der Waals surface area contributed by atoms with Gasteiger partial charge in [-0.25, -0.2) is 13.6 Å². The number of benzene rings is 3. The molecule has 0 aliphatic carbocycles. The minimum absolute atomic E-state index is 0.0757. The highest BCUT2D eigenvalue weighted by atomic mass is 32.2. The predicted molar refractivity (Wildman–Crippen MR) is 125 cm³/mol. The zero-order chi connectivity index (χ0) is 24.9. The van der Waals surface area contributed by atoms with Crippen LogP contribution in [0.5, 0.6) is 17.2 Å². The van der Waals surface area contributed by atoms with Gasteiger partial charge in [-0.3, -0.25) is 4.79 Å². The fourth-order valence-electron chi connectivity index (χ4n) is 3.78. The third-order valence-corrected chi connectivity index (χ3v) is 6.47. The molecule has 5 rings (SSSR count). The van der Waals surface area contributed by atoms with Crippen LogP contribution in [0.15, 0.2) is 84.5 Å². The minimum Gasteiger partial charge on any atom is -0.505 e. The summed E-state index contributed by atoms with van der Waals surface area (Å²) in [6.45, 7) is -0.0826. The molecular formula is C25H15F2NO6S. The Morgan fingerprint density at radius 2 is 1.60 bits per heavy atom. The summed E-state index contributed by atoms with van der Waals surface area (Å²) in [4.78, 5) is 26.3. The predicted octanol–water partition coefficient (Wildman–Crippen LogP) is 4.70. The molecule has 10 heteroatoms. The van der Waals surface area contributed by atoms with Crippen LogP contribution in [0.1, 0.15) is 5.56 Å². The lowest BCUT2D eigenvalue weighted by molar-refractivity contribution is 0.404. The molecule has 0 aliphatic heterocycles. The molecular weight excluding hydrogens is 480 g/mol. The molecule has 3 N–H and O–H groups in total. The second-order valence-electron chi connectivity index (χ2n) is 7.71.